The quantitative estimate of drug-likeness (QED) is 0.614. The monoisotopic (exact) mass is 398 g/mol. The molecule has 1 saturated carbocycles. The lowest BCUT2D eigenvalue weighted by atomic mass is 9.75. The third kappa shape index (κ3) is 2.67. The highest BCUT2D eigenvalue weighted by molar-refractivity contribution is 14.1. The largest absolute Gasteiger partial charge is 0.325 e. The fourth-order valence-electron chi connectivity index (χ4n) is 3.57. The van der Waals surface area contributed by atoms with Gasteiger partial charge < -0.3 is 4.90 Å². The van der Waals surface area contributed by atoms with Crippen LogP contribution >= 0.6 is 22.6 Å². The van der Waals surface area contributed by atoms with E-state index in [9.17, 15) is 9.59 Å². The second kappa shape index (κ2) is 5.59. The number of amides is 3. The summed E-state index contributed by atoms with van der Waals surface area (Å²) in [7, 11) is 0. The van der Waals surface area contributed by atoms with Gasteiger partial charge in [0.1, 0.15) is 5.54 Å². The molecule has 1 aromatic rings. The van der Waals surface area contributed by atoms with Crippen LogP contribution in [-0.2, 0) is 11.3 Å². The zero-order valence-corrected chi connectivity index (χ0v) is 14.2. The number of rotatable bonds is 2. The summed E-state index contributed by atoms with van der Waals surface area (Å²) in [5.74, 6) is 0.374. The Morgan fingerprint density at radius 3 is 2.71 bits per heavy atom. The number of benzene rings is 1. The molecule has 0 radical (unpaired) electrons. The molecule has 3 rings (SSSR count). The van der Waals surface area contributed by atoms with Crippen molar-refractivity contribution in [2.24, 2.45) is 5.92 Å². The van der Waals surface area contributed by atoms with Gasteiger partial charge in [-0.3, -0.25) is 10.1 Å². The van der Waals surface area contributed by atoms with Crippen LogP contribution in [0.4, 0.5) is 4.79 Å². The van der Waals surface area contributed by atoms with Crippen molar-refractivity contribution in [3.63, 3.8) is 0 Å². The SMILES string of the molecule is CC1CCCC2(C1)C(=O)NC(=O)N2Cc1ccc(I)cc1. The van der Waals surface area contributed by atoms with Crippen LogP contribution in [0.25, 0.3) is 0 Å². The topological polar surface area (TPSA) is 49.4 Å². The van der Waals surface area contributed by atoms with Crippen molar-refractivity contribution in [1.29, 1.82) is 0 Å². The third-order valence-electron chi connectivity index (χ3n) is 4.63. The zero-order valence-electron chi connectivity index (χ0n) is 12.1. The number of hydrogen-bond donors (Lipinski definition) is 1. The van der Waals surface area contributed by atoms with Gasteiger partial charge >= 0.3 is 6.03 Å². The fourth-order valence-corrected chi connectivity index (χ4v) is 3.93. The Balaban J connectivity index is 1.88. The molecule has 1 N–H and O–H groups in total. The van der Waals surface area contributed by atoms with E-state index in [1.165, 1.54) is 3.57 Å². The predicted octanol–water partition coefficient (Wildman–Crippen LogP) is 3.29. The first-order valence-corrected chi connectivity index (χ1v) is 8.47. The Bertz CT molecular complexity index is 572. The smallest absolute Gasteiger partial charge is 0.305 e. The first-order chi connectivity index (χ1) is 10.0. The Morgan fingerprint density at radius 2 is 2.05 bits per heavy atom. The van der Waals surface area contributed by atoms with Crippen LogP contribution < -0.4 is 5.32 Å². The van der Waals surface area contributed by atoms with Crippen molar-refractivity contribution in [2.45, 2.75) is 44.7 Å². The van der Waals surface area contributed by atoms with Crippen molar-refractivity contribution < 1.29 is 9.59 Å². The van der Waals surface area contributed by atoms with Crippen molar-refractivity contribution in [2.75, 3.05) is 0 Å². The first kappa shape index (κ1) is 14.8. The van der Waals surface area contributed by atoms with E-state index in [1.54, 1.807) is 4.90 Å². The Morgan fingerprint density at radius 1 is 1.33 bits per heavy atom. The summed E-state index contributed by atoms with van der Waals surface area (Å²) in [5.41, 5.74) is 0.440. The van der Waals surface area contributed by atoms with Gasteiger partial charge in [0, 0.05) is 10.1 Å². The molecule has 112 valence electrons. The van der Waals surface area contributed by atoms with Gasteiger partial charge in [0.25, 0.3) is 5.91 Å². The van der Waals surface area contributed by atoms with E-state index in [0.717, 1.165) is 31.2 Å². The van der Waals surface area contributed by atoms with Crippen LogP contribution in [0, 0.1) is 9.49 Å². The van der Waals surface area contributed by atoms with Gasteiger partial charge in [0.2, 0.25) is 0 Å². The Kier molecular flexibility index (Phi) is 3.94. The van der Waals surface area contributed by atoms with Gasteiger partial charge in [0.05, 0.1) is 0 Å². The molecule has 1 aromatic carbocycles. The van der Waals surface area contributed by atoms with Gasteiger partial charge in [-0.1, -0.05) is 31.9 Å². The molecule has 1 aliphatic carbocycles. The van der Waals surface area contributed by atoms with E-state index >= 15 is 0 Å². The lowest BCUT2D eigenvalue weighted by Gasteiger charge is -2.40. The van der Waals surface area contributed by atoms with Crippen LogP contribution in [0.1, 0.15) is 38.2 Å². The maximum absolute atomic E-state index is 12.4. The van der Waals surface area contributed by atoms with Crippen LogP contribution in [0.15, 0.2) is 24.3 Å². The molecule has 0 aromatic heterocycles. The van der Waals surface area contributed by atoms with Crippen LogP contribution in [0.3, 0.4) is 0 Å². The average Bonchev–Trinajstić information content (AvgIpc) is 2.65. The van der Waals surface area contributed by atoms with Crippen molar-refractivity contribution in [1.82, 2.24) is 10.2 Å². The van der Waals surface area contributed by atoms with Crippen molar-refractivity contribution in [3.8, 4) is 0 Å². The fraction of sp³-hybridized carbons (Fsp3) is 0.500. The molecule has 2 aliphatic rings. The summed E-state index contributed by atoms with van der Waals surface area (Å²) >= 11 is 2.26. The highest BCUT2D eigenvalue weighted by Gasteiger charge is 2.53. The van der Waals surface area contributed by atoms with Gasteiger partial charge in [-0.15, -0.1) is 0 Å². The van der Waals surface area contributed by atoms with E-state index < -0.39 is 5.54 Å². The van der Waals surface area contributed by atoms with Crippen LogP contribution in [0.2, 0.25) is 0 Å². The highest BCUT2D eigenvalue weighted by atomic mass is 127. The minimum absolute atomic E-state index is 0.107. The van der Waals surface area contributed by atoms with E-state index in [-0.39, 0.29) is 11.9 Å². The maximum Gasteiger partial charge on any atom is 0.325 e. The lowest BCUT2D eigenvalue weighted by Crippen LogP contribution is -2.52. The minimum atomic E-state index is -0.627. The van der Waals surface area contributed by atoms with Crippen LogP contribution in [0.5, 0.6) is 0 Å². The molecule has 2 atom stereocenters. The maximum atomic E-state index is 12.4. The molecule has 1 spiro atoms. The third-order valence-corrected chi connectivity index (χ3v) is 5.35. The average molecular weight is 398 g/mol. The second-order valence-electron chi connectivity index (χ2n) is 6.20. The molecule has 3 amide bonds. The molecule has 0 bridgehead atoms. The lowest BCUT2D eigenvalue weighted by molar-refractivity contribution is -0.129. The summed E-state index contributed by atoms with van der Waals surface area (Å²) in [6.45, 7) is 2.67. The molecule has 2 unspecified atom stereocenters. The second-order valence-corrected chi connectivity index (χ2v) is 7.45. The Hall–Kier alpha value is -1.11. The van der Waals surface area contributed by atoms with Gasteiger partial charge in [-0.25, -0.2) is 4.79 Å². The minimum Gasteiger partial charge on any atom is -0.305 e. The number of carbonyl (C=O) groups excluding carboxylic acids is 2. The molecule has 5 heteroatoms. The summed E-state index contributed by atoms with van der Waals surface area (Å²) in [5, 5.41) is 2.53. The molecule has 1 heterocycles. The number of imide groups is 1. The number of urea groups is 1. The highest BCUT2D eigenvalue weighted by Crippen LogP contribution is 2.40. The number of halogens is 1. The molecular formula is C16H19IN2O2. The number of nitrogens with one attached hydrogen (secondary N) is 1. The summed E-state index contributed by atoms with van der Waals surface area (Å²) in [4.78, 5) is 26.4. The van der Waals surface area contributed by atoms with Gasteiger partial charge in [-0.2, -0.15) is 0 Å². The number of nitrogens with zero attached hydrogens (tertiary/aromatic N) is 1. The van der Waals surface area contributed by atoms with Gasteiger partial charge in [-0.05, 0) is 59.0 Å². The molecular weight excluding hydrogens is 379 g/mol. The summed E-state index contributed by atoms with van der Waals surface area (Å²) < 4.78 is 1.17. The van der Waals surface area contributed by atoms with E-state index in [2.05, 4.69) is 34.8 Å². The number of hydrogen-bond acceptors (Lipinski definition) is 2. The first-order valence-electron chi connectivity index (χ1n) is 7.39. The normalized spacial score (nSPS) is 29.0. The van der Waals surface area contributed by atoms with E-state index in [4.69, 9.17) is 0 Å². The predicted molar refractivity (Wildman–Crippen MR) is 88.6 cm³/mol. The zero-order chi connectivity index (χ0) is 15.0. The van der Waals surface area contributed by atoms with Crippen molar-refractivity contribution in [3.05, 3.63) is 33.4 Å². The van der Waals surface area contributed by atoms with E-state index in [1.807, 2.05) is 24.3 Å². The summed E-state index contributed by atoms with van der Waals surface area (Å²) in [6, 6.07) is 7.87. The van der Waals surface area contributed by atoms with Crippen molar-refractivity contribution >= 4 is 34.5 Å². The molecule has 2 fully saturated rings. The standard InChI is InChI=1S/C16H19IN2O2/c1-11-3-2-8-16(9-11)14(20)18-15(21)19(16)10-12-4-6-13(17)7-5-12/h4-7,11H,2-3,8-10H2,1H3,(H,18,20,21). The van der Waals surface area contributed by atoms with Gasteiger partial charge in [0.15, 0.2) is 0 Å². The molecule has 4 nitrogen and oxygen atoms in total. The molecule has 1 saturated heterocycles. The summed E-state index contributed by atoms with van der Waals surface area (Å²) in [6.07, 6.45) is 3.69. The number of carbonyl (C=O) groups is 2. The molecule has 1 aliphatic heterocycles. The van der Waals surface area contributed by atoms with Crippen LogP contribution in [-0.4, -0.2) is 22.4 Å². The Labute approximate surface area is 138 Å². The van der Waals surface area contributed by atoms with E-state index in [0.29, 0.717) is 12.5 Å². The molecule has 21 heavy (non-hydrogen) atoms.